The number of halogens is 3. The predicted molar refractivity (Wildman–Crippen MR) is 83.9 cm³/mol. The molecule has 2 aliphatic rings. The minimum atomic E-state index is -2.89. The summed E-state index contributed by atoms with van der Waals surface area (Å²) < 4.78 is 38.3. The maximum atomic E-state index is 12.8. The lowest BCUT2D eigenvalue weighted by atomic mass is 9.98. The van der Waals surface area contributed by atoms with Crippen molar-refractivity contribution in [3.8, 4) is 11.5 Å². The third-order valence-corrected chi connectivity index (χ3v) is 4.80. The topological polar surface area (TPSA) is 36.3 Å². The van der Waals surface area contributed by atoms with Crippen LogP contribution < -0.4 is 9.47 Å². The molecule has 4 nitrogen and oxygen atoms in total. The average molecular weight is 349 g/mol. The van der Waals surface area contributed by atoms with Crippen molar-refractivity contribution in [3.05, 3.63) is 52.8 Å². The van der Waals surface area contributed by atoms with Crippen LogP contribution in [0.25, 0.3) is 11.0 Å². The van der Waals surface area contributed by atoms with E-state index >= 15 is 0 Å². The Hall–Kier alpha value is -2.34. The lowest BCUT2D eigenvalue weighted by Crippen LogP contribution is -2.16. The summed E-state index contributed by atoms with van der Waals surface area (Å²) in [5.41, 5.74) is 2.31. The minimum Gasteiger partial charge on any atom is -0.482 e. The summed E-state index contributed by atoms with van der Waals surface area (Å²) in [5, 5.41) is 0.602. The molecule has 24 heavy (non-hydrogen) atoms. The SMILES string of the molecule is FC(F)Oc1cccc2c1[C@H]1C[C@@H](O2)c2nc3ccc(Cl)cc3n21. The highest BCUT2D eigenvalue weighted by Gasteiger charge is 2.43. The first-order chi connectivity index (χ1) is 11.6. The Balaban J connectivity index is 1.75. The molecule has 3 aromatic rings. The molecule has 0 spiro atoms. The van der Waals surface area contributed by atoms with Gasteiger partial charge in [-0.2, -0.15) is 8.78 Å². The van der Waals surface area contributed by atoms with Crippen LogP contribution >= 0.6 is 11.6 Å². The number of fused-ring (bicyclic) bond motifs is 9. The molecule has 2 aromatic carbocycles. The molecule has 7 heteroatoms. The predicted octanol–water partition coefficient (Wildman–Crippen LogP) is 4.72. The largest absolute Gasteiger partial charge is 0.482 e. The summed E-state index contributed by atoms with van der Waals surface area (Å²) in [4.78, 5) is 4.64. The molecule has 2 bridgehead atoms. The summed E-state index contributed by atoms with van der Waals surface area (Å²) in [6, 6.07) is 10.3. The Morgan fingerprint density at radius 1 is 1.29 bits per heavy atom. The van der Waals surface area contributed by atoms with Gasteiger partial charge in [-0.05, 0) is 30.3 Å². The number of benzene rings is 2. The van der Waals surface area contributed by atoms with E-state index in [1.165, 1.54) is 0 Å². The number of hydrogen-bond donors (Lipinski definition) is 0. The molecule has 5 rings (SSSR count). The van der Waals surface area contributed by atoms with Crippen LogP contribution in [0, 0.1) is 0 Å². The third-order valence-electron chi connectivity index (χ3n) is 4.56. The van der Waals surface area contributed by atoms with E-state index < -0.39 is 6.61 Å². The van der Waals surface area contributed by atoms with E-state index in [0.717, 1.165) is 16.9 Å². The molecule has 0 fully saturated rings. The van der Waals surface area contributed by atoms with Crippen molar-refractivity contribution in [2.75, 3.05) is 0 Å². The summed E-state index contributed by atoms with van der Waals surface area (Å²) in [6.07, 6.45) is 0.442. The molecule has 0 unspecified atom stereocenters. The van der Waals surface area contributed by atoms with E-state index in [0.29, 0.717) is 22.8 Å². The summed E-state index contributed by atoms with van der Waals surface area (Å²) in [5.74, 6) is 1.49. The van der Waals surface area contributed by atoms with Gasteiger partial charge in [-0.3, -0.25) is 0 Å². The molecule has 0 saturated carbocycles. The highest BCUT2D eigenvalue weighted by atomic mass is 35.5. The van der Waals surface area contributed by atoms with Crippen LogP contribution in [0.4, 0.5) is 8.78 Å². The lowest BCUT2D eigenvalue weighted by Gasteiger charge is -2.26. The van der Waals surface area contributed by atoms with Crippen LogP contribution in [-0.4, -0.2) is 16.2 Å². The second-order valence-electron chi connectivity index (χ2n) is 5.88. The third kappa shape index (κ3) is 1.86. The Bertz CT molecular complexity index is 973. The molecule has 122 valence electrons. The maximum absolute atomic E-state index is 12.8. The Labute approximate surface area is 140 Å². The van der Waals surface area contributed by atoms with Crippen LogP contribution in [0.15, 0.2) is 36.4 Å². The monoisotopic (exact) mass is 348 g/mol. The molecule has 0 radical (unpaired) electrons. The Morgan fingerprint density at radius 3 is 3.00 bits per heavy atom. The molecular formula is C17H11ClF2N2O2. The van der Waals surface area contributed by atoms with Gasteiger partial charge in [0, 0.05) is 11.4 Å². The van der Waals surface area contributed by atoms with Crippen molar-refractivity contribution in [1.82, 2.24) is 9.55 Å². The zero-order valence-electron chi connectivity index (χ0n) is 12.2. The summed E-state index contributed by atoms with van der Waals surface area (Å²) >= 11 is 6.12. The van der Waals surface area contributed by atoms with Gasteiger partial charge in [0.25, 0.3) is 0 Å². The van der Waals surface area contributed by atoms with Gasteiger partial charge in [0.1, 0.15) is 11.5 Å². The van der Waals surface area contributed by atoms with E-state index in [2.05, 4.69) is 4.98 Å². The molecule has 2 atom stereocenters. The highest BCUT2D eigenvalue weighted by Crippen LogP contribution is 2.53. The number of alkyl halides is 2. The summed E-state index contributed by atoms with van der Waals surface area (Å²) in [7, 11) is 0. The normalized spacial score (nSPS) is 20.8. The van der Waals surface area contributed by atoms with E-state index in [-0.39, 0.29) is 17.9 Å². The number of rotatable bonds is 2. The standard InChI is InChI=1S/C17H11ClF2N2O2/c18-8-4-5-9-10(6-8)22-11-7-14(16(22)21-9)23-12-2-1-3-13(15(11)12)24-17(19)20/h1-6,11,14,17H,7H2/t11-,14-/m1/s1. The maximum Gasteiger partial charge on any atom is 0.387 e. The number of hydrogen-bond acceptors (Lipinski definition) is 3. The van der Waals surface area contributed by atoms with Crippen molar-refractivity contribution in [3.63, 3.8) is 0 Å². The first kappa shape index (κ1) is 14.0. The van der Waals surface area contributed by atoms with Crippen LogP contribution in [0.2, 0.25) is 5.02 Å². The number of nitrogens with zero attached hydrogens (tertiary/aromatic N) is 2. The van der Waals surface area contributed by atoms with Gasteiger partial charge in [0.15, 0.2) is 11.9 Å². The van der Waals surface area contributed by atoms with Gasteiger partial charge in [-0.15, -0.1) is 0 Å². The second kappa shape index (κ2) is 4.83. The van der Waals surface area contributed by atoms with E-state index in [9.17, 15) is 8.78 Å². The second-order valence-corrected chi connectivity index (χ2v) is 6.31. The average Bonchev–Trinajstić information content (AvgIpc) is 3.03. The van der Waals surface area contributed by atoms with Crippen LogP contribution in [0.5, 0.6) is 11.5 Å². The molecule has 0 N–H and O–H groups in total. The van der Waals surface area contributed by atoms with Gasteiger partial charge in [-0.1, -0.05) is 17.7 Å². The van der Waals surface area contributed by atoms with E-state index in [1.54, 1.807) is 24.3 Å². The molecular weight excluding hydrogens is 338 g/mol. The Kier molecular flexibility index (Phi) is 2.83. The van der Waals surface area contributed by atoms with Crippen molar-refractivity contribution in [1.29, 1.82) is 0 Å². The molecule has 1 aromatic heterocycles. The van der Waals surface area contributed by atoms with Crippen molar-refractivity contribution in [2.45, 2.75) is 25.2 Å². The zero-order valence-corrected chi connectivity index (χ0v) is 13.0. The zero-order chi connectivity index (χ0) is 16.4. The fraction of sp³-hybridized carbons (Fsp3) is 0.235. The number of aromatic nitrogens is 2. The molecule has 0 amide bonds. The molecule has 0 saturated heterocycles. The smallest absolute Gasteiger partial charge is 0.387 e. The Morgan fingerprint density at radius 2 is 2.17 bits per heavy atom. The van der Waals surface area contributed by atoms with Gasteiger partial charge >= 0.3 is 6.61 Å². The molecule has 2 aliphatic heterocycles. The van der Waals surface area contributed by atoms with Crippen molar-refractivity contribution in [2.24, 2.45) is 0 Å². The van der Waals surface area contributed by atoms with E-state index in [4.69, 9.17) is 21.1 Å². The fourth-order valence-corrected chi connectivity index (χ4v) is 3.87. The lowest BCUT2D eigenvalue weighted by molar-refractivity contribution is -0.0511. The van der Waals surface area contributed by atoms with Gasteiger partial charge < -0.3 is 14.0 Å². The summed E-state index contributed by atoms with van der Waals surface area (Å²) in [6.45, 7) is -2.89. The fourth-order valence-electron chi connectivity index (χ4n) is 3.71. The van der Waals surface area contributed by atoms with Gasteiger partial charge in [0.05, 0.1) is 22.6 Å². The van der Waals surface area contributed by atoms with Gasteiger partial charge in [-0.25, -0.2) is 4.98 Å². The first-order valence-electron chi connectivity index (χ1n) is 7.53. The van der Waals surface area contributed by atoms with E-state index in [1.807, 2.05) is 16.7 Å². The van der Waals surface area contributed by atoms with Crippen LogP contribution in [0.3, 0.4) is 0 Å². The minimum absolute atomic E-state index is 0.141. The van der Waals surface area contributed by atoms with Crippen LogP contribution in [-0.2, 0) is 0 Å². The quantitative estimate of drug-likeness (QED) is 0.672. The molecule has 0 aliphatic carbocycles. The number of ether oxygens (including phenoxy) is 2. The van der Waals surface area contributed by atoms with Crippen molar-refractivity contribution < 1.29 is 18.3 Å². The van der Waals surface area contributed by atoms with Gasteiger partial charge in [0.2, 0.25) is 0 Å². The number of imidazole rings is 1. The first-order valence-corrected chi connectivity index (χ1v) is 7.91. The molecule has 3 heterocycles. The highest BCUT2D eigenvalue weighted by molar-refractivity contribution is 6.31. The van der Waals surface area contributed by atoms with Crippen molar-refractivity contribution >= 4 is 22.6 Å². The van der Waals surface area contributed by atoms with Crippen LogP contribution in [0.1, 0.15) is 30.0 Å².